The molecule has 2 aromatic rings. The molecule has 1 aliphatic carbocycles. The maximum absolute atomic E-state index is 13.1. The van der Waals surface area contributed by atoms with E-state index in [0.29, 0.717) is 24.2 Å². The number of hydrogen-bond acceptors (Lipinski definition) is 6. The molecule has 2 aromatic heterocycles. The molecule has 3 fully saturated rings. The monoisotopic (exact) mass is 382 g/mol. The number of nitrogens with zero attached hydrogens (tertiary/aromatic N) is 4. The molecule has 3 aliphatic rings. The fourth-order valence-electron chi connectivity index (χ4n) is 5.18. The van der Waals surface area contributed by atoms with Gasteiger partial charge in [0.15, 0.2) is 0 Å². The fraction of sp³-hybridized carbons (Fsp3) is 0.619. The summed E-state index contributed by atoms with van der Waals surface area (Å²) < 4.78 is 11.7. The molecular weight excluding hydrogens is 356 g/mol. The number of carbonyl (C=O) groups excluding carboxylic acids is 1. The van der Waals surface area contributed by atoms with Gasteiger partial charge >= 0.3 is 0 Å². The van der Waals surface area contributed by atoms with Crippen molar-refractivity contribution in [2.24, 2.45) is 11.3 Å². The third kappa shape index (κ3) is 3.11. The van der Waals surface area contributed by atoms with Crippen molar-refractivity contribution in [3.63, 3.8) is 0 Å². The number of likely N-dealkylation sites (tertiary alicyclic amines) is 1. The maximum atomic E-state index is 13.1. The molecule has 0 aromatic carbocycles. The highest BCUT2D eigenvalue weighted by molar-refractivity contribution is 5.79. The van der Waals surface area contributed by atoms with Crippen molar-refractivity contribution in [2.45, 2.75) is 44.4 Å². The zero-order chi connectivity index (χ0) is 19.0. The zero-order valence-corrected chi connectivity index (χ0v) is 16.0. The van der Waals surface area contributed by atoms with E-state index in [0.717, 1.165) is 51.0 Å². The Morgan fingerprint density at radius 2 is 1.86 bits per heavy atom. The van der Waals surface area contributed by atoms with Crippen LogP contribution in [0, 0.1) is 11.3 Å². The van der Waals surface area contributed by atoms with E-state index in [-0.39, 0.29) is 17.3 Å². The first-order valence-electron chi connectivity index (χ1n) is 10.4. The van der Waals surface area contributed by atoms with Crippen LogP contribution in [0.2, 0.25) is 0 Å². The van der Waals surface area contributed by atoms with Gasteiger partial charge in [-0.15, -0.1) is 10.2 Å². The molecule has 1 unspecified atom stereocenters. The molecule has 1 amide bonds. The molecule has 28 heavy (non-hydrogen) atoms. The van der Waals surface area contributed by atoms with Crippen LogP contribution in [-0.2, 0) is 9.53 Å². The number of hydrogen-bond donors (Lipinski definition) is 0. The molecule has 148 valence electrons. The van der Waals surface area contributed by atoms with Crippen molar-refractivity contribution in [1.82, 2.24) is 20.1 Å². The number of aromatic nitrogens is 3. The predicted molar refractivity (Wildman–Crippen MR) is 101 cm³/mol. The Balaban J connectivity index is 1.43. The third-order valence-corrected chi connectivity index (χ3v) is 6.82. The average molecular weight is 382 g/mol. The van der Waals surface area contributed by atoms with E-state index in [9.17, 15) is 4.79 Å². The lowest BCUT2D eigenvalue weighted by Gasteiger charge is -2.36. The van der Waals surface area contributed by atoms with Crippen LogP contribution in [0.1, 0.15) is 50.3 Å². The molecule has 2 saturated heterocycles. The van der Waals surface area contributed by atoms with Crippen molar-refractivity contribution in [1.29, 1.82) is 0 Å². The molecular formula is C21H26N4O3. The minimum Gasteiger partial charge on any atom is -0.420 e. The third-order valence-electron chi connectivity index (χ3n) is 6.82. The largest absolute Gasteiger partial charge is 0.420 e. The van der Waals surface area contributed by atoms with Crippen LogP contribution in [0.3, 0.4) is 0 Å². The average Bonchev–Trinajstić information content (AvgIpc) is 3.49. The summed E-state index contributed by atoms with van der Waals surface area (Å²) in [5.74, 6) is 1.76. The van der Waals surface area contributed by atoms with Gasteiger partial charge in [0.2, 0.25) is 17.7 Å². The first-order valence-corrected chi connectivity index (χ1v) is 10.4. The lowest BCUT2D eigenvalue weighted by molar-refractivity contribution is -0.135. The molecule has 1 atom stereocenters. The number of ether oxygens (including phenoxy) is 1. The highest BCUT2D eigenvalue weighted by Crippen LogP contribution is 2.50. The van der Waals surface area contributed by atoms with E-state index in [1.165, 1.54) is 12.8 Å². The summed E-state index contributed by atoms with van der Waals surface area (Å²) in [4.78, 5) is 19.2. The topological polar surface area (TPSA) is 81.4 Å². The van der Waals surface area contributed by atoms with Crippen LogP contribution < -0.4 is 0 Å². The summed E-state index contributed by atoms with van der Waals surface area (Å²) >= 11 is 0. The SMILES string of the molecule is O=C(C1CCCC1)N1CC(c2nnc(-c3ccncc3)o2)C2(CCOCC2)C1. The van der Waals surface area contributed by atoms with Gasteiger partial charge in [0.1, 0.15) is 0 Å². The van der Waals surface area contributed by atoms with Crippen LogP contribution in [-0.4, -0.2) is 52.3 Å². The molecule has 7 heteroatoms. The minimum atomic E-state index is -0.0193. The Morgan fingerprint density at radius 3 is 2.61 bits per heavy atom. The van der Waals surface area contributed by atoms with E-state index in [1.807, 2.05) is 12.1 Å². The fourth-order valence-corrected chi connectivity index (χ4v) is 5.18. The Kier molecular flexibility index (Phi) is 4.62. The smallest absolute Gasteiger partial charge is 0.247 e. The quantitative estimate of drug-likeness (QED) is 0.812. The van der Waals surface area contributed by atoms with Gasteiger partial charge in [-0.3, -0.25) is 9.78 Å². The van der Waals surface area contributed by atoms with Crippen molar-refractivity contribution >= 4 is 5.91 Å². The van der Waals surface area contributed by atoms with Crippen molar-refractivity contribution in [3.8, 4) is 11.5 Å². The Bertz CT molecular complexity index is 825. The van der Waals surface area contributed by atoms with Crippen LogP contribution in [0.4, 0.5) is 0 Å². The molecule has 7 nitrogen and oxygen atoms in total. The first kappa shape index (κ1) is 17.8. The number of rotatable bonds is 3. The van der Waals surface area contributed by atoms with Crippen LogP contribution in [0.5, 0.6) is 0 Å². The Hall–Kier alpha value is -2.28. The standard InChI is InChI=1S/C21H26N4O3/c26-20(16-3-1-2-4-16)25-13-17(21(14-25)7-11-27-12-8-21)19-24-23-18(28-19)15-5-9-22-10-6-15/h5-6,9-10,16-17H,1-4,7-8,11-14H2. The molecule has 5 rings (SSSR count). The van der Waals surface area contributed by atoms with Gasteiger partial charge in [-0.25, -0.2) is 0 Å². The van der Waals surface area contributed by atoms with Crippen LogP contribution in [0.25, 0.3) is 11.5 Å². The van der Waals surface area contributed by atoms with Gasteiger partial charge in [-0.05, 0) is 37.8 Å². The Morgan fingerprint density at radius 1 is 1.11 bits per heavy atom. The van der Waals surface area contributed by atoms with Gasteiger partial charge in [-0.2, -0.15) is 0 Å². The van der Waals surface area contributed by atoms with E-state index >= 15 is 0 Å². The van der Waals surface area contributed by atoms with Gasteiger partial charge in [0, 0.05) is 55.6 Å². The maximum Gasteiger partial charge on any atom is 0.247 e. The summed E-state index contributed by atoms with van der Waals surface area (Å²) in [6.07, 6.45) is 9.70. The van der Waals surface area contributed by atoms with E-state index < -0.39 is 0 Å². The van der Waals surface area contributed by atoms with Gasteiger partial charge in [0.05, 0.1) is 5.92 Å². The zero-order valence-electron chi connectivity index (χ0n) is 16.0. The lowest BCUT2D eigenvalue weighted by Crippen LogP contribution is -2.38. The molecule has 0 radical (unpaired) electrons. The van der Waals surface area contributed by atoms with Crippen molar-refractivity contribution in [2.75, 3.05) is 26.3 Å². The summed E-state index contributed by atoms with van der Waals surface area (Å²) in [5, 5.41) is 8.68. The molecule has 0 bridgehead atoms. The Labute approximate surface area is 164 Å². The summed E-state index contributed by atoms with van der Waals surface area (Å²) in [7, 11) is 0. The highest BCUT2D eigenvalue weighted by atomic mass is 16.5. The van der Waals surface area contributed by atoms with E-state index in [1.54, 1.807) is 12.4 Å². The molecule has 1 saturated carbocycles. The van der Waals surface area contributed by atoms with Gasteiger partial charge in [0.25, 0.3) is 0 Å². The summed E-state index contributed by atoms with van der Waals surface area (Å²) in [6.45, 7) is 2.91. The molecule has 1 spiro atoms. The highest BCUT2D eigenvalue weighted by Gasteiger charge is 2.52. The lowest BCUT2D eigenvalue weighted by atomic mass is 9.72. The van der Waals surface area contributed by atoms with Crippen molar-refractivity contribution < 1.29 is 13.9 Å². The van der Waals surface area contributed by atoms with Crippen LogP contribution in [0.15, 0.2) is 28.9 Å². The van der Waals surface area contributed by atoms with E-state index in [2.05, 4.69) is 20.1 Å². The molecule has 2 aliphatic heterocycles. The predicted octanol–water partition coefficient (Wildman–Crippen LogP) is 3.04. The van der Waals surface area contributed by atoms with Crippen molar-refractivity contribution in [3.05, 3.63) is 30.4 Å². The summed E-state index contributed by atoms with van der Waals surface area (Å²) in [5.41, 5.74) is 0.848. The van der Waals surface area contributed by atoms with E-state index in [4.69, 9.17) is 9.15 Å². The summed E-state index contributed by atoms with van der Waals surface area (Å²) in [6, 6.07) is 3.73. The van der Waals surface area contributed by atoms with Gasteiger partial charge < -0.3 is 14.1 Å². The van der Waals surface area contributed by atoms with Gasteiger partial charge in [-0.1, -0.05) is 12.8 Å². The first-order chi connectivity index (χ1) is 13.8. The number of amides is 1. The normalized spacial score (nSPS) is 24.9. The molecule has 0 N–H and O–H groups in total. The minimum absolute atomic E-state index is 0.0193. The second-order valence-corrected chi connectivity index (χ2v) is 8.41. The van der Waals surface area contributed by atoms with Crippen LogP contribution >= 0.6 is 0 Å². The second-order valence-electron chi connectivity index (χ2n) is 8.41. The second kappa shape index (κ2) is 7.28. The number of carbonyl (C=O) groups is 1. The number of pyridine rings is 1. The molecule has 4 heterocycles.